The monoisotopic (exact) mass is 365 g/mol. The van der Waals surface area contributed by atoms with Gasteiger partial charge in [0.25, 0.3) is 0 Å². The number of carbonyl (C=O) groups excluding carboxylic acids is 1. The second-order valence-electron chi connectivity index (χ2n) is 5.31. The van der Waals surface area contributed by atoms with Crippen LogP contribution < -0.4 is 14.8 Å². The smallest absolute Gasteiger partial charge is 0.195 e. The number of methoxy groups -OCH3 is 2. The third-order valence-electron chi connectivity index (χ3n) is 3.61. The molecule has 0 aliphatic rings. The molecule has 0 aliphatic carbocycles. The Kier molecular flexibility index (Phi) is 6.64. The molecule has 0 spiro atoms. The molecule has 1 atom stereocenters. The Hall–Kier alpha value is -2.28. The molecular weight excluding hydrogens is 346 g/mol. The van der Waals surface area contributed by atoms with Crippen LogP contribution in [0, 0.1) is 0 Å². The van der Waals surface area contributed by atoms with E-state index in [1.807, 2.05) is 0 Å². The molecule has 0 bridgehead atoms. The lowest BCUT2D eigenvalue weighted by atomic mass is 10.0. The highest BCUT2D eigenvalue weighted by Crippen LogP contribution is 2.34. The van der Waals surface area contributed by atoms with Crippen molar-refractivity contribution >= 4 is 23.1 Å². The summed E-state index contributed by atoms with van der Waals surface area (Å²) in [5.74, 6) is 0.614. The average Bonchev–Trinajstić information content (AvgIpc) is 2.65. The third-order valence-corrected chi connectivity index (χ3v) is 3.87. The van der Waals surface area contributed by atoms with Crippen molar-refractivity contribution in [1.82, 2.24) is 0 Å². The Morgan fingerprint density at radius 3 is 2.32 bits per heavy atom. The third kappa shape index (κ3) is 4.63. The number of halogens is 1. The van der Waals surface area contributed by atoms with E-state index in [4.69, 9.17) is 26.2 Å². The topological polar surface area (TPSA) is 88.0 Å². The summed E-state index contributed by atoms with van der Waals surface area (Å²) in [6.45, 7) is -0.312. The molecule has 7 heteroatoms. The molecule has 0 heterocycles. The number of rotatable bonds is 8. The van der Waals surface area contributed by atoms with Crippen LogP contribution in [0.1, 0.15) is 15.9 Å². The number of ketones is 1. The SMILES string of the molecule is COc1cc(NCC(O)CO)c(C(=O)c2ccc(Cl)cc2)cc1OC. The van der Waals surface area contributed by atoms with Crippen molar-refractivity contribution in [2.75, 3.05) is 32.7 Å². The fourth-order valence-corrected chi connectivity index (χ4v) is 2.39. The average molecular weight is 366 g/mol. The molecule has 0 aromatic heterocycles. The number of aliphatic hydroxyl groups is 2. The van der Waals surface area contributed by atoms with Crippen LogP contribution in [0.4, 0.5) is 5.69 Å². The number of hydrogen-bond donors (Lipinski definition) is 3. The number of nitrogens with one attached hydrogen (secondary N) is 1. The lowest BCUT2D eigenvalue weighted by molar-refractivity contribution is 0.103. The van der Waals surface area contributed by atoms with Crippen LogP contribution in [0.3, 0.4) is 0 Å². The maximum absolute atomic E-state index is 12.9. The van der Waals surface area contributed by atoms with E-state index in [2.05, 4.69) is 5.32 Å². The van der Waals surface area contributed by atoms with Crippen molar-refractivity contribution in [3.05, 3.63) is 52.5 Å². The van der Waals surface area contributed by atoms with E-state index >= 15 is 0 Å². The number of aliphatic hydroxyl groups excluding tert-OH is 2. The van der Waals surface area contributed by atoms with Gasteiger partial charge in [0.15, 0.2) is 17.3 Å². The molecule has 0 radical (unpaired) electrons. The molecule has 3 N–H and O–H groups in total. The highest BCUT2D eigenvalue weighted by Gasteiger charge is 2.19. The van der Waals surface area contributed by atoms with Gasteiger partial charge in [0.1, 0.15) is 0 Å². The van der Waals surface area contributed by atoms with Crippen molar-refractivity contribution in [2.24, 2.45) is 0 Å². The maximum Gasteiger partial charge on any atom is 0.195 e. The molecule has 0 saturated heterocycles. The van der Waals surface area contributed by atoms with Gasteiger partial charge >= 0.3 is 0 Å². The number of benzene rings is 2. The second kappa shape index (κ2) is 8.71. The van der Waals surface area contributed by atoms with E-state index < -0.39 is 6.10 Å². The molecule has 2 rings (SSSR count). The molecule has 0 aliphatic heterocycles. The normalized spacial score (nSPS) is 11.7. The number of ether oxygens (including phenoxy) is 2. The Morgan fingerprint density at radius 2 is 1.76 bits per heavy atom. The second-order valence-corrected chi connectivity index (χ2v) is 5.74. The summed E-state index contributed by atoms with van der Waals surface area (Å²) in [7, 11) is 2.97. The lowest BCUT2D eigenvalue weighted by Crippen LogP contribution is -2.24. The van der Waals surface area contributed by atoms with Gasteiger partial charge in [-0.05, 0) is 30.3 Å². The van der Waals surface area contributed by atoms with E-state index in [1.54, 1.807) is 36.4 Å². The van der Waals surface area contributed by atoms with Crippen LogP contribution in [-0.4, -0.2) is 49.5 Å². The largest absolute Gasteiger partial charge is 0.493 e. The molecule has 0 fully saturated rings. The highest BCUT2D eigenvalue weighted by atomic mass is 35.5. The summed E-state index contributed by atoms with van der Waals surface area (Å²) >= 11 is 5.87. The van der Waals surface area contributed by atoms with Gasteiger partial charge in [-0.1, -0.05) is 11.6 Å². The first-order valence-corrected chi connectivity index (χ1v) is 7.97. The van der Waals surface area contributed by atoms with E-state index in [1.165, 1.54) is 14.2 Å². The van der Waals surface area contributed by atoms with Gasteiger partial charge in [0.05, 0.1) is 26.9 Å². The summed E-state index contributed by atoms with van der Waals surface area (Å²) in [5, 5.41) is 22.0. The minimum atomic E-state index is -0.952. The van der Waals surface area contributed by atoms with Crippen LogP contribution >= 0.6 is 11.6 Å². The molecule has 134 valence electrons. The van der Waals surface area contributed by atoms with E-state index in [-0.39, 0.29) is 18.9 Å². The van der Waals surface area contributed by atoms with Crippen LogP contribution in [0.15, 0.2) is 36.4 Å². The standard InChI is InChI=1S/C18H20ClNO5/c1-24-16-7-14(18(23)11-3-5-12(19)6-4-11)15(8-17(16)25-2)20-9-13(22)10-21/h3-8,13,20-22H,9-10H2,1-2H3. The van der Waals surface area contributed by atoms with Crippen LogP contribution in [-0.2, 0) is 0 Å². The van der Waals surface area contributed by atoms with Crippen molar-refractivity contribution in [3.8, 4) is 11.5 Å². The lowest BCUT2D eigenvalue weighted by Gasteiger charge is -2.17. The Labute approximate surface area is 151 Å². The van der Waals surface area contributed by atoms with Gasteiger partial charge in [-0.15, -0.1) is 0 Å². The van der Waals surface area contributed by atoms with E-state index in [9.17, 15) is 9.90 Å². The minimum absolute atomic E-state index is 0.0763. The van der Waals surface area contributed by atoms with Gasteiger partial charge < -0.3 is 25.0 Å². The van der Waals surface area contributed by atoms with Crippen LogP contribution in [0.25, 0.3) is 0 Å². The van der Waals surface area contributed by atoms with Crippen molar-refractivity contribution in [1.29, 1.82) is 0 Å². The van der Waals surface area contributed by atoms with Gasteiger partial charge in [-0.2, -0.15) is 0 Å². The van der Waals surface area contributed by atoms with E-state index in [0.29, 0.717) is 33.3 Å². The van der Waals surface area contributed by atoms with Gasteiger partial charge in [0, 0.05) is 34.4 Å². The van der Waals surface area contributed by atoms with Crippen LogP contribution in [0.5, 0.6) is 11.5 Å². The molecule has 6 nitrogen and oxygen atoms in total. The van der Waals surface area contributed by atoms with E-state index in [0.717, 1.165) is 0 Å². The van der Waals surface area contributed by atoms with Gasteiger partial charge in [0.2, 0.25) is 0 Å². The summed E-state index contributed by atoms with van der Waals surface area (Å²) < 4.78 is 10.5. The summed E-state index contributed by atoms with van der Waals surface area (Å²) in [4.78, 5) is 12.9. The first-order chi connectivity index (χ1) is 12.0. The van der Waals surface area contributed by atoms with Crippen LogP contribution in [0.2, 0.25) is 5.02 Å². The quantitative estimate of drug-likeness (QED) is 0.622. The maximum atomic E-state index is 12.9. The van der Waals surface area contributed by atoms with Gasteiger partial charge in [-0.25, -0.2) is 0 Å². The summed E-state index contributed by atoms with van der Waals surface area (Å²) in [6.07, 6.45) is -0.952. The molecule has 2 aromatic carbocycles. The van der Waals surface area contributed by atoms with Crippen molar-refractivity contribution in [3.63, 3.8) is 0 Å². The van der Waals surface area contributed by atoms with Crippen molar-refractivity contribution in [2.45, 2.75) is 6.10 Å². The first-order valence-electron chi connectivity index (χ1n) is 7.59. The molecule has 0 amide bonds. The first kappa shape index (κ1) is 19.1. The number of hydrogen-bond acceptors (Lipinski definition) is 6. The van der Waals surface area contributed by atoms with Gasteiger partial charge in [-0.3, -0.25) is 4.79 Å². The molecule has 0 saturated carbocycles. The number of anilines is 1. The van der Waals surface area contributed by atoms with Crippen molar-refractivity contribution < 1.29 is 24.5 Å². The summed E-state index contributed by atoms with van der Waals surface area (Å²) in [5.41, 5.74) is 1.28. The predicted octanol–water partition coefficient (Wildman–Crippen LogP) is 2.35. The number of carbonyl (C=O) groups is 1. The molecule has 25 heavy (non-hydrogen) atoms. The molecule has 1 unspecified atom stereocenters. The highest BCUT2D eigenvalue weighted by molar-refractivity contribution is 6.30. The zero-order chi connectivity index (χ0) is 18.4. The molecule has 2 aromatic rings. The zero-order valence-corrected chi connectivity index (χ0v) is 14.7. The molecular formula is C18H20ClNO5. The minimum Gasteiger partial charge on any atom is -0.493 e. The Bertz CT molecular complexity index is 733. The summed E-state index contributed by atoms with van der Waals surface area (Å²) in [6, 6.07) is 9.73. The fraction of sp³-hybridized carbons (Fsp3) is 0.278. The predicted molar refractivity (Wildman–Crippen MR) is 96.0 cm³/mol. The fourth-order valence-electron chi connectivity index (χ4n) is 2.26. The zero-order valence-electron chi connectivity index (χ0n) is 14.0. The Balaban J connectivity index is 2.44. The Morgan fingerprint density at radius 1 is 1.16 bits per heavy atom.